The second-order valence-corrected chi connectivity index (χ2v) is 5.20. The Kier molecular flexibility index (Phi) is 4.56. The van der Waals surface area contributed by atoms with E-state index in [1.165, 1.54) is 16.9 Å². The van der Waals surface area contributed by atoms with E-state index in [0.29, 0.717) is 6.42 Å². The molecule has 112 valence electrons. The zero-order valence-electron chi connectivity index (χ0n) is 11.8. The standard InChI is InChI=1S/C13H16FN5O2/c1-8(2)5-9(13(20)21)7-19-12(16-17-18-19)10-3-4-15-6-11(10)14/h3-4,6,8-9H,5,7H2,1-2H3,(H,20,21). The van der Waals surface area contributed by atoms with Gasteiger partial charge in [0, 0.05) is 6.20 Å². The number of halogens is 1. The van der Waals surface area contributed by atoms with Crippen LogP contribution in [-0.4, -0.2) is 36.3 Å². The molecule has 2 aromatic heterocycles. The molecule has 1 N–H and O–H groups in total. The van der Waals surface area contributed by atoms with Crippen molar-refractivity contribution >= 4 is 5.97 Å². The number of carboxylic acid groups (broad SMARTS) is 1. The molecule has 0 radical (unpaired) electrons. The Morgan fingerprint density at radius 1 is 1.48 bits per heavy atom. The van der Waals surface area contributed by atoms with Crippen molar-refractivity contribution in [1.29, 1.82) is 0 Å². The first kappa shape index (κ1) is 15.0. The minimum Gasteiger partial charge on any atom is -0.481 e. The lowest BCUT2D eigenvalue weighted by atomic mass is 9.97. The molecule has 0 saturated carbocycles. The molecule has 0 fully saturated rings. The molecule has 0 saturated heterocycles. The molecule has 1 unspecified atom stereocenters. The maximum atomic E-state index is 13.8. The molecule has 0 spiro atoms. The number of carboxylic acids is 1. The Morgan fingerprint density at radius 3 is 2.86 bits per heavy atom. The van der Waals surface area contributed by atoms with Crippen LogP contribution >= 0.6 is 0 Å². The van der Waals surface area contributed by atoms with Gasteiger partial charge in [-0.15, -0.1) is 5.10 Å². The summed E-state index contributed by atoms with van der Waals surface area (Å²) in [6.45, 7) is 3.98. The lowest BCUT2D eigenvalue weighted by Gasteiger charge is -2.15. The van der Waals surface area contributed by atoms with Gasteiger partial charge in [0.2, 0.25) is 0 Å². The minimum atomic E-state index is -0.916. The maximum Gasteiger partial charge on any atom is 0.308 e. The highest BCUT2D eigenvalue weighted by Gasteiger charge is 2.23. The van der Waals surface area contributed by atoms with Crippen LogP contribution in [0.25, 0.3) is 11.4 Å². The zero-order chi connectivity index (χ0) is 15.4. The van der Waals surface area contributed by atoms with Gasteiger partial charge in [0.25, 0.3) is 0 Å². The number of tetrazole rings is 1. The summed E-state index contributed by atoms with van der Waals surface area (Å²) in [6.07, 6.45) is 2.99. The van der Waals surface area contributed by atoms with Crippen molar-refractivity contribution in [2.75, 3.05) is 0 Å². The van der Waals surface area contributed by atoms with E-state index in [0.717, 1.165) is 6.20 Å². The molecule has 0 aliphatic heterocycles. The Morgan fingerprint density at radius 2 is 2.24 bits per heavy atom. The van der Waals surface area contributed by atoms with Crippen molar-refractivity contribution in [2.45, 2.75) is 26.8 Å². The van der Waals surface area contributed by atoms with Gasteiger partial charge >= 0.3 is 5.97 Å². The van der Waals surface area contributed by atoms with Crippen LogP contribution in [-0.2, 0) is 11.3 Å². The molecular formula is C13H16FN5O2. The Bertz CT molecular complexity index is 629. The van der Waals surface area contributed by atoms with Gasteiger partial charge in [-0.1, -0.05) is 13.8 Å². The number of hydrogen-bond acceptors (Lipinski definition) is 5. The van der Waals surface area contributed by atoms with Gasteiger partial charge in [-0.25, -0.2) is 9.07 Å². The Hall–Kier alpha value is -2.38. The number of rotatable bonds is 6. The van der Waals surface area contributed by atoms with Crippen LogP contribution in [0.5, 0.6) is 0 Å². The molecule has 0 amide bonds. The van der Waals surface area contributed by atoms with E-state index < -0.39 is 17.7 Å². The van der Waals surface area contributed by atoms with Crippen LogP contribution in [0.4, 0.5) is 4.39 Å². The van der Waals surface area contributed by atoms with Gasteiger partial charge in [0.15, 0.2) is 11.6 Å². The topological polar surface area (TPSA) is 93.8 Å². The van der Waals surface area contributed by atoms with Gasteiger partial charge in [0.1, 0.15) is 0 Å². The molecule has 21 heavy (non-hydrogen) atoms. The Balaban J connectivity index is 2.28. The van der Waals surface area contributed by atoms with Crippen molar-refractivity contribution in [3.63, 3.8) is 0 Å². The highest BCUT2D eigenvalue weighted by atomic mass is 19.1. The number of hydrogen-bond donors (Lipinski definition) is 1. The minimum absolute atomic E-state index is 0.0949. The summed E-state index contributed by atoms with van der Waals surface area (Å²) in [7, 11) is 0. The van der Waals surface area contributed by atoms with E-state index >= 15 is 0 Å². The molecule has 2 rings (SSSR count). The monoisotopic (exact) mass is 293 g/mol. The van der Waals surface area contributed by atoms with E-state index in [9.17, 15) is 14.3 Å². The molecule has 7 nitrogen and oxygen atoms in total. The summed E-state index contributed by atoms with van der Waals surface area (Å²) >= 11 is 0. The van der Waals surface area contributed by atoms with Gasteiger partial charge in [-0.3, -0.25) is 9.78 Å². The van der Waals surface area contributed by atoms with E-state index in [-0.39, 0.29) is 23.9 Å². The quantitative estimate of drug-likeness (QED) is 0.869. The first-order chi connectivity index (χ1) is 9.99. The van der Waals surface area contributed by atoms with E-state index in [4.69, 9.17) is 0 Å². The smallest absolute Gasteiger partial charge is 0.308 e. The fourth-order valence-corrected chi connectivity index (χ4v) is 2.11. The zero-order valence-corrected chi connectivity index (χ0v) is 11.8. The van der Waals surface area contributed by atoms with Crippen molar-refractivity contribution in [3.05, 3.63) is 24.3 Å². The first-order valence-corrected chi connectivity index (χ1v) is 6.58. The molecular weight excluding hydrogens is 277 g/mol. The van der Waals surface area contributed by atoms with Gasteiger partial charge in [-0.05, 0) is 28.8 Å². The molecule has 0 aliphatic rings. The van der Waals surface area contributed by atoms with E-state index in [1.54, 1.807) is 0 Å². The predicted octanol–water partition coefficient (Wildman–Crippen LogP) is 1.62. The maximum absolute atomic E-state index is 13.8. The number of carbonyl (C=O) groups is 1. The summed E-state index contributed by atoms with van der Waals surface area (Å²) in [4.78, 5) is 15.0. The Labute approximate surface area is 120 Å². The van der Waals surface area contributed by atoms with Gasteiger partial charge in [0.05, 0.1) is 24.2 Å². The van der Waals surface area contributed by atoms with Crippen LogP contribution in [0, 0.1) is 17.7 Å². The molecule has 2 aromatic rings. The van der Waals surface area contributed by atoms with Gasteiger partial charge < -0.3 is 5.11 Å². The summed E-state index contributed by atoms with van der Waals surface area (Å²) in [5, 5.41) is 20.3. The van der Waals surface area contributed by atoms with Crippen molar-refractivity contribution in [3.8, 4) is 11.4 Å². The van der Waals surface area contributed by atoms with Crippen molar-refractivity contribution in [1.82, 2.24) is 25.2 Å². The van der Waals surface area contributed by atoms with E-state index in [1.807, 2.05) is 13.8 Å². The van der Waals surface area contributed by atoms with Crippen molar-refractivity contribution < 1.29 is 14.3 Å². The first-order valence-electron chi connectivity index (χ1n) is 6.58. The largest absolute Gasteiger partial charge is 0.481 e. The average molecular weight is 293 g/mol. The summed E-state index contributed by atoms with van der Waals surface area (Å²) in [5.74, 6) is -1.67. The fourth-order valence-electron chi connectivity index (χ4n) is 2.11. The third kappa shape index (κ3) is 3.59. The second kappa shape index (κ2) is 6.38. The fraction of sp³-hybridized carbons (Fsp3) is 0.462. The lowest BCUT2D eigenvalue weighted by molar-refractivity contribution is -0.142. The molecule has 0 bridgehead atoms. The average Bonchev–Trinajstić information content (AvgIpc) is 2.86. The summed E-state index contributed by atoms with van der Waals surface area (Å²) < 4.78 is 15.1. The van der Waals surface area contributed by atoms with Crippen LogP contribution in [0.2, 0.25) is 0 Å². The van der Waals surface area contributed by atoms with Gasteiger partial charge in [-0.2, -0.15) is 0 Å². The lowest BCUT2D eigenvalue weighted by Crippen LogP contribution is -2.23. The highest BCUT2D eigenvalue weighted by Crippen LogP contribution is 2.21. The number of nitrogens with zero attached hydrogens (tertiary/aromatic N) is 5. The molecule has 8 heteroatoms. The van der Waals surface area contributed by atoms with Crippen LogP contribution in [0.1, 0.15) is 20.3 Å². The molecule has 1 atom stereocenters. The SMILES string of the molecule is CC(C)CC(Cn1nnnc1-c1ccncc1F)C(=O)O. The van der Waals surface area contributed by atoms with E-state index in [2.05, 4.69) is 20.5 Å². The third-order valence-corrected chi connectivity index (χ3v) is 3.04. The molecule has 2 heterocycles. The highest BCUT2D eigenvalue weighted by molar-refractivity contribution is 5.70. The van der Waals surface area contributed by atoms with Crippen molar-refractivity contribution in [2.24, 2.45) is 11.8 Å². The molecule has 0 aromatic carbocycles. The summed E-state index contributed by atoms with van der Waals surface area (Å²) in [6, 6.07) is 1.45. The summed E-state index contributed by atoms with van der Waals surface area (Å²) in [5.41, 5.74) is 0.198. The second-order valence-electron chi connectivity index (χ2n) is 5.20. The van der Waals surface area contributed by atoms with Crippen LogP contribution in [0.15, 0.2) is 18.5 Å². The number of aliphatic carboxylic acids is 1. The normalized spacial score (nSPS) is 12.6. The van der Waals surface area contributed by atoms with Crippen LogP contribution in [0.3, 0.4) is 0 Å². The number of aromatic nitrogens is 5. The number of pyridine rings is 1. The van der Waals surface area contributed by atoms with Crippen LogP contribution < -0.4 is 0 Å². The third-order valence-electron chi connectivity index (χ3n) is 3.04. The predicted molar refractivity (Wildman–Crippen MR) is 71.6 cm³/mol. The molecule has 0 aliphatic carbocycles.